The number of anilines is 1. The van der Waals surface area contributed by atoms with Crippen LogP contribution in [0.3, 0.4) is 0 Å². The second-order valence-electron chi connectivity index (χ2n) is 5.39. The molecule has 0 spiro atoms. The summed E-state index contributed by atoms with van der Waals surface area (Å²) in [4.78, 5) is 4.42. The highest BCUT2D eigenvalue weighted by Crippen LogP contribution is 2.26. The second-order valence-corrected chi connectivity index (χ2v) is 8.02. The van der Waals surface area contributed by atoms with Gasteiger partial charge in [0, 0.05) is 28.9 Å². The highest BCUT2D eigenvalue weighted by Gasteiger charge is 2.23. The molecular weight excluding hydrogens is 320 g/mol. The summed E-state index contributed by atoms with van der Waals surface area (Å²) in [6.07, 6.45) is 1.54. The zero-order valence-corrected chi connectivity index (χ0v) is 13.9. The Morgan fingerprint density at radius 3 is 3.00 bits per heavy atom. The number of ether oxygens (including phenoxy) is 1. The lowest BCUT2D eigenvalue weighted by Crippen LogP contribution is -2.25. The summed E-state index contributed by atoms with van der Waals surface area (Å²) in [5.74, 6) is 0.00753. The zero-order chi connectivity index (χ0) is 15.6. The lowest BCUT2D eigenvalue weighted by Gasteiger charge is -2.12. The maximum Gasteiger partial charge on any atom is 0.235 e. The summed E-state index contributed by atoms with van der Waals surface area (Å²) in [6.45, 7) is 2.59. The van der Waals surface area contributed by atoms with Crippen molar-refractivity contribution in [1.29, 1.82) is 0 Å². The molecule has 2 heterocycles. The Bertz CT molecular complexity index is 750. The molecule has 2 aromatic rings. The molecule has 1 saturated heterocycles. The number of hydrogen-bond acceptors (Lipinski definition) is 5. The van der Waals surface area contributed by atoms with E-state index in [1.807, 2.05) is 30.5 Å². The molecule has 1 N–H and O–H groups in total. The zero-order valence-electron chi connectivity index (χ0n) is 12.3. The van der Waals surface area contributed by atoms with E-state index in [1.165, 1.54) is 0 Å². The van der Waals surface area contributed by atoms with E-state index >= 15 is 0 Å². The smallest absolute Gasteiger partial charge is 0.235 e. The van der Waals surface area contributed by atoms with Crippen molar-refractivity contribution in [3.05, 3.63) is 35.3 Å². The number of thiazole rings is 1. The van der Waals surface area contributed by atoms with Crippen LogP contribution in [0.1, 0.15) is 18.5 Å². The fourth-order valence-electron chi connectivity index (χ4n) is 2.44. The van der Waals surface area contributed by atoms with Crippen molar-refractivity contribution in [3.8, 4) is 10.6 Å². The van der Waals surface area contributed by atoms with Crippen LogP contribution < -0.4 is 4.72 Å². The van der Waals surface area contributed by atoms with Crippen molar-refractivity contribution in [1.82, 2.24) is 4.98 Å². The SMILES string of the molecule is Cc1csc(-c2cccc(NS(=O)(=O)C[C@H]3CCCO3)c2)n1. The topological polar surface area (TPSA) is 68.3 Å². The second kappa shape index (κ2) is 6.36. The number of benzene rings is 1. The van der Waals surface area contributed by atoms with Gasteiger partial charge in [-0.1, -0.05) is 12.1 Å². The van der Waals surface area contributed by atoms with Gasteiger partial charge >= 0.3 is 0 Å². The van der Waals surface area contributed by atoms with Gasteiger partial charge in [-0.25, -0.2) is 13.4 Å². The van der Waals surface area contributed by atoms with Crippen LogP contribution in [0, 0.1) is 6.92 Å². The molecule has 0 unspecified atom stereocenters. The Labute approximate surface area is 134 Å². The van der Waals surface area contributed by atoms with Crippen LogP contribution in [0.4, 0.5) is 5.69 Å². The van der Waals surface area contributed by atoms with E-state index in [0.717, 1.165) is 29.1 Å². The summed E-state index contributed by atoms with van der Waals surface area (Å²) in [6, 6.07) is 7.31. The molecular formula is C15H18N2O3S2. The van der Waals surface area contributed by atoms with Gasteiger partial charge in [-0.15, -0.1) is 11.3 Å². The number of aromatic nitrogens is 1. The van der Waals surface area contributed by atoms with Crippen molar-refractivity contribution in [2.75, 3.05) is 17.1 Å². The first-order chi connectivity index (χ1) is 10.5. The van der Waals surface area contributed by atoms with E-state index in [-0.39, 0.29) is 11.9 Å². The van der Waals surface area contributed by atoms with Crippen LogP contribution in [0.2, 0.25) is 0 Å². The highest BCUT2D eigenvalue weighted by molar-refractivity contribution is 7.92. The minimum Gasteiger partial charge on any atom is -0.377 e. The minimum absolute atomic E-state index is 0.00753. The Hall–Kier alpha value is -1.44. The van der Waals surface area contributed by atoms with Crippen LogP contribution in [-0.4, -0.2) is 31.9 Å². The van der Waals surface area contributed by atoms with Crippen LogP contribution in [-0.2, 0) is 14.8 Å². The Kier molecular flexibility index (Phi) is 4.46. The summed E-state index contributed by atoms with van der Waals surface area (Å²) in [5, 5.41) is 2.86. The average molecular weight is 338 g/mol. The van der Waals surface area contributed by atoms with Gasteiger partial charge in [-0.2, -0.15) is 0 Å². The summed E-state index contributed by atoms with van der Waals surface area (Å²) < 4.78 is 32.4. The molecule has 22 heavy (non-hydrogen) atoms. The fraction of sp³-hybridized carbons (Fsp3) is 0.400. The van der Waals surface area contributed by atoms with E-state index in [4.69, 9.17) is 4.74 Å². The molecule has 0 amide bonds. The molecule has 1 aromatic heterocycles. The van der Waals surface area contributed by atoms with Crippen molar-refractivity contribution in [3.63, 3.8) is 0 Å². The molecule has 5 nitrogen and oxygen atoms in total. The third kappa shape index (κ3) is 3.85. The third-order valence-corrected chi connectivity index (χ3v) is 5.80. The quantitative estimate of drug-likeness (QED) is 0.910. The molecule has 0 bridgehead atoms. The number of rotatable bonds is 5. The van der Waals surface area contributed by atoms with E-state index in [0.29, 0.717) is 12.3 Å². The lowest BCUT2D eigenvalue weighted by atomic mass is 10.2. The fourth-order valence-corrected chi connectivity index (χ4v) is 4.56. The van der Waals surface area contributed by atoms with E-state index in [1.54, 1.807) is 17.4 Å². The summed E-state index contributed by atoms with van der Waals surface area (Å²) >= 11 is 1.55. The van der Waals surface area contributed by atoms with Crippen molar-refractivity contribution >= 4 is 27.0 Å². The largest absolute Gasteiger partial charge is 0.377 e. The first kappa shape index (κ1) is 15.5. The number of nitrogens with zero attached hydrogens (tertiary/aromatic N) is 1. The Morgan fingerprint density at radius 2 is 2.32 bits per heavy atom. The molecule has 1 aliphatic rings. The first-order valence-corrected chi connectivity index (χ1v) is 9.70. The number of aryl methyl sites for hydroxylation is 1. The third-order valence-electron chi connectivity index (χ3n) is 3.43. The minimum atomic E-state index is -3.40. The van der Waals surface area contributed by atoms with Gasteiger partial charge in [0.1, 0.15) is 5.01 Å². The van der Waals surface area contributed by atoms with Crippen LogP contribution >= 0.6 is 11.3 Å². The van der Waals surface area contributed by atoms with Crippen LogP contribution in [0.5, 0.6) is 0 Å². The van der Waals surface area contributed by atoms with Crippen molar-refractivity contribution < 1.29 is 13.2 Å². The van der Waals surface area contributed by atoms with Gasteiger partial charge in [0.15, 0.2) is 0 Å². The standard InChI is InChI=1S/C15H18N2O3S2/c1-11-9-21-15(16-11)12-4-2-5-13(8-12)17-22(18,19)10-14-6-3-7-20-14/h2,4-5,8-9,14,17H,3,6-7,10H2,1H3/t14-/m1/s1. The van der Waals surface area contributed by atoms with Crippen molar-refractivity contribution in [2.24, 2.45) is 0 Å². The number of hydrogen-bond donors (Lipinski definition) is 1. The molecule has 118 valence electrons. The van der Waals surface area contributed by atoms with Gasteiger partial charge in [-0.05, 0) is 31.9 Å². The highest BCUT2D eigenvalue weighted by atomic mass is 32.2. The van der Waals surface area contributed by atoms with E-state index < -0.39 is 10.0 Å². The number of nitrogens with one attached hydrogen (secondary N) is 1. The first-order valence-electron chi connectivity index (χ1n) is 7.16. The monoisotopic (exact) mass is 338 g/mol. The molecule has 1 fully saturated rings. The Morgan fingerprint density at radius 1 is 1.45 bits per heavy atom. The summed E-state index contributed by atoms with van der Waals surface area (Å²) in [7, 11) is -3.40. The number of sulfonamides is 1. The van der Waals surface area contributed by atoms with Gasteiger partial charge in [0.05, 0.1) is 11.9 Å². The van der Waals surface area contributed by atoms with Gasteiger partial charge in [0.2, 0.25) is 10.0 Å². The predicted octanol–water partition coefficient (Wildman–Crippen LogP) is 3.04. The van der Waals surface area contributed by atoms with Crippen LogP contribution in [0.25, 0.3) is 10.6 Å². The molecule has 0 aliphatic carbocycles. The molecule has 0 saturated carbocycles. The van der Waals surface area contributed by atoms with Gasteiger partial charge in [0.25, 0.3) is 0 Å². The molecule has 1 aromatic carbocycles. The normalized spacial score (nSPS) is 18.5. The Balaban J connectivity index is 1.74. The molecule has 3 rings (SSSR count). The lowest BCUT2D eigenvalue weighted by molar-refractivity contribution is 0.127. The molecule has 7 heteroatoms. The maximum absolute atomic E-state index is 12.2. The summed E-state index contributed by atoms with van der Waals surface area (Å²) in [5.41, 5.74) is 2.43. The van der Waals surface area contributed by atoms with Crippen LogP contribution in [0.15, 0.2) is 29.6 Å². The molecule has 0 radical (unpaired) electrons. The van der Waals surface area contributed by atoms with E-state index in [9.17, 15) is 8.42 Å². The van der Waals surface area contributed by atoms with E-state index in [2.05, 4.69) is 9.71 Å². The predicted molar refractivity (Wildman–Crippen MR) is 88.7 cm³/mol. The average Bonchev–Trinajstić information content (AvgIpc) is 3.09. The van der Waals surface area contributed by atoms with Crippen molar-refractivity contribution in [2.45, 2.75) is 25.9 Å². The maximum atomic E-state index is 12.2. The molecule has 1 aliphatic heterocycles. The van der Waals surface area contributed by atoms with Gasteiger partial charge in [-0.3, -0.25) is 4.72 Å². The van der Waals surface area contributed by atoms with Gasteiger partial charge < -0.3 is 4.74 Å². The molecule has 1 atom stereocenters.